The Morgan fingerprint density at radius 3 is 2.48 bits per heavy atom. The van der Waals surface area contributed by atoms with Crippen LogP contribution >= 0.6 is 11.8 Å². The van der Waals surface area contributed by atoms with Gasteiger partial charge in [0.1, 0.15) is 12.4 Å². The zero-order valence-electron chi connectivity index (χ0n) is 17.9. The molecule has 7 nitrogen and oxygen atoms in total. The molecule has 0 spiro atoms. The third kappa shape index (κ3) is 5.59. The van der Waals surface area contributed by atoms with Crippen molar-refractivity contribution < 1.29 is 9.53 Å². The van der Waals surface area contributed by atoms with E-state index < -0.39 is 0 Å². The fourth-order valence-electron chi connectivity index (χ4n) is 3.14. The van der Waals surface area contributed by atoms with Crippen molar-refractivity contribution >= 4 is 23.4 Å². The molecule has 1 amide bonds. The van der Waals surface area contributed by atoms with Gasteiger partial charge in [-0.15, -0.1) is 10.2 Å². The summed E-state index contributed by atoms with van der Waals surface area (Å²) < 4.78 is 7.89. The minimum atomic E-state index is -0.176. The number of carbonyl (C=O) groups excluding carboxylic acids is 1. The molecule has 0 unspecified atom stereocenters. The molecular weight excluding hydrogens is 434 g/mol. The van der Waals surface area contributed by atoms with E-state index in [1.807, 2.05) is 66.1 Å². The summed E-state index contributed by atoms with van der Waals surface area (Å²) in [4.78, 5) is 12.5. The summed E-state index contributed by atoms with van der Waals surface area (Å²) in [5.41, 5.74) is 3.11. The highest BCUT2D eigenvalue weighted by atomic mass is 32.2. The summed E-state index contributed by atoms with van der Waals surface area (Å²) in [6.45, 7) is 2.23. The number of anilines is 1. The van der Waals surface area contributed by atoms with E-state index in [0.717, 1.165) is 17.0 Å². The number of nitriles is 1. The average Bonchev–Trinajstić information content (AvgIpc) is 3.26. The van der Waals surface area contributed by atoms with Crippen LogP contribution in [0.2, 0.25) is 0 Å². The molecule has 0 aliphatic heterocycles. The number of rotatable bonds is 8. The zero-order chi connectivity index (χ0) is 23.0. The molecule has 33 heavy (non-hydrogen) atoms. The molecule has 0 atom stereocenters. The second kappa shape index (κ2) is 10.5. The number of nitrogens with zero attached hydrogens (tertiary/aromatic N) is 4. The molecule has 4 rings (SSSR count). The van der Waals surface area contributed by atoms with E-state index in [2.05, 4.69) is 21.6 Å². The largest absolute Gasteiger partial charge is 0.485 e. The summed E-state index contributed by atoms with van der Waals surface area (Å²) in [6, 6.07) is 26.3. The number of para-hydroxylation sites is 2. The van der Waals surface area contributed by atoms with Crippen molar-refractivity contribution in [2.24, 2.45) is 0 Å². The Balaban J connectivity index is 1.48. The molecule has 1 heterocycles. The van der Waals surface area contributed by atoms with Crippen LogP contribution in [0.5, 0.6) is 5.75 Å². The van der Waals surface area contributed by atoms with Crippen molar-refractivity contribution in [2.75, 3.05) is 11.1 Å². The number of aromatic nitrogens is 3. The van der Waals surface area contributed by atoms with Crippen LogP contribution in [0.4, 0.5) is 5.69 Å². The lowest BCUT2D eigenvalue weighted by Crippen LogP contribution is -2.14. The van der Waals surface area contributed by atoms with E-state index in [0.29, 0.717) is 22.2 Å². The Hall–Kier alpha value is -4.09. The van der Waals surface area contributed by atoms with Gasteiger partial charge in [0.2, 0.25) is 5.91 Å². The molecular formula is C25H21N5O2S. The Bertz CT molecular complexity index is 1280. The highest BCUT2D eigenvalue weighted by molar-refractivity contribution is 7.99. The highest BCUT2D eigenvalue weighted by Crippen LogP contribution is 2.24. The van der Waals surface area contributed by atoms with E-state index in [1.54, 1.807) is 24.3 Å². The smallest absolute Gasteiger partial charge is 0.234 e. The molecule has 8 heteroatoms. The average molecular weight is 456 g/mol. The van der Waals surface area contributed by atoms with Crippen molar-refractivity contribution in [1.82, 2.24) is 14.8 Å². The summed E-state index contributed by atoms with van der Waals surface area (Å²) in [7, 11) is 0. The van der Waals surface area contributed by atoms with Gasteiger partial charge >= 0.3 is 0 Å². The van der Waals surface area contributed by atoms with E-state index in [1.165, 1.54) is 11.8 Å². The number of aryl methyl sites for hydroxylation is 1. The standard InChI is InChI=1S/C25H21N5O2S/c1-18-7-5-6-10-22(18)32-16-23-28-29-25(30(23)21-8-3-2-4-9-21)33-17-24(31)27-20-13-11-19(15-26)12-14-20/h2-14H,16-17H2,1H3,(H,27,31). The number of nitrogens with one attached hydrogen (secondary N) is 1. The van der Waals surface area contributed by atoms with Crippen molar-refractivity contribution in [2.45, 2.75) is 18.7 Å². The normalized spacial score (nSPS) is 10.4. The van der Waals surface area contributed by atoms with Gasteiger partial charge in [-0.25, -0.2) is 0 Å². The fraction of sp³-hybridized carbons (Fsp3) is 0.120. The predicted molar refractivity (Wildman–Crippen MR) is 127 cm³/mol. The molecule has 0 aliphatic carbocycles. The van der Waals surface area contributed by atoms with Crippen LogP contribution in [0.15, 0.2) is 84.0 Å². The summed E-state index contributed by atoms with van der Waals surface area (Å²) in [5, 5.41) is 21.0. The van der Waals surface area contributed by atoms with Crippen molar-refractivity contribution in [3.05, 3.63) is 95.8 Å². The van der Waals surface area contributed by atoms with E-state index in [4.69, 9.17) is 10.00 Å². The van der Waals surface area contributed by atoms with Gasteiger partial charge in [-0.05, 0) is 55.0 Å². The van der Waals surface area contributed by atoms with Crippen molar-refractivity contribution in [3.8, 4) is 17.5 Å². The minimum absolute atomic E-state index is 0.156. The predicted octanol–water partition coefficient (Wildman–Crippen LogP) is 4.76. The Morgan fingerprint density at radius 1 is 1.03 bits per heavy atom. The van der Waals surface area contributed by atoms with E-state index in [9.17, 15) is 4.79 Å². The molecule has 0 bridgehead atoms. The van der Waals surface area contributed by atoms with Gasteiger partial charge in [0, 0.05) is 11.4 Å². The molecule has 0 saturated carbocycles. The minimum Gasteiger partial charge on any atom is -0.485 e. The molecule has 1 aromatic heterocycles. The van der Waals surface area contributed by atoms with Crippen LogP contribution in [0, 0.1) is 18.3 Å². The van der Waals surface area contributed by atoms with Crippen molar-refractivity contribution in [1.29, 1.82) is 5.26 Å². The van der Waals surface area contributed by atoms with E-state index >= 15 is 0 Å². The topological polar surface area (TPSA) is 92.8 Å². The van der Waals surface area contributed by atoms with Gasteiger partial charge in [0.15, 0.2) is 11.0 Å². The van der Waals surface area contributed by atoms with Gasteiger partial charge in [0.05, 0.1) is 17.4 Å². The molecule has 3 aromatic carbocycles. The first-order valence-electron chi connectivity index (χ1n) is 10.2. The molecule has 164 valence electrons. The maximum atomic E-state index is 12.5. The lowest BCUT2D eigenvalue weighted by molar-refractivity contribution is -0.113. The number of benzene rings is 3. The number of ether oxygens (including phenoxy) is 1. The SMILES string of the molecule is Cc1ccccc1OCc1nnc(SCC(=O)Nc2ccc(C#N)cc2)n1-c1ccccc1. The second-order valence-electron chi connectivity index (χ2n) is 7.15. The highest BCUT2D eigenvalue weighted by Gasteiger charge is 2.17. The first kappa shape index (κ1) is 22.1. The van der Waals surface area contributed by atoms with Crippen LogP contribution in [-0.2, 0) is 11.4 Å². The molecule has 4 aromatic rings. The number of amides is 1. The van der Waals surface area contributed by atoms with Gasteiger partial charge < -0.3 is 10.1 Å². The molecule has 0 saturated heterocycles. The van der Waals surface area contributed by atoms with Crippen molar-refractivity contribution in [3.63, 3.8) is 0 Å². The van der Waals surface area contributed by atoms with Crippen LogP contribution in [0.3, 0.4) is 0 Å². The maximum Gasteiger partial charge on any atom is 0.234 e. The molecule has 0 radical (unpaired) electrons. The number of hydrogen-bond donors (Lipinski definition) is 1. The Kier molecular flexibility index (Phi) is 7.03. The third-order valence-corrected chi connectivity index (χ3v) is 5.72. The number of hydrogen-bond acceptors (Lipinski definition) is 6. The summed E-state index contributed by atoms with van der Waals surface area (Å²) in [6.07, 6.45) is 0. The summed E-state index contributed by atoms with van der Waals surface area (Å²) in [5.74, 6) is 1.41. The number of carbonyl (C=O) groups is 1. The van der Waals surface area contributed by atoms with E-state index in [-0.39, 0.29) is 18.3 Å². The Morgan fingerprint density at radius 2 is 1.76 bits per heavy atom. The van der Waals surface area contributed by atoms with Crippen LogP contribution < -0.4 is 10.1 Å². The van der Waals surface area contributed by atoms with Crippen LogP contribution in [0.25, 0.3) is 5.69 Å². The lowest BCUT2D eigenvalue weighted by atomic mass is 10.2. The first-order chi connectivity index (χ1) is 16.1. The quantitative estimate of drug-likeness (QED) is 0.385. The van der Waals surface area contributed by atoms with Gasteiger partial charge in [-0.2, -0.15) is 5.26 Å². The number of thioether (sulfide) groups is 1. The van der Waals surface area contributed by atoms with Crippen LogP contribution in [-0.4, -0.2) is 26.4 Å². The molecule has 0 aliphatic rings. The zero-order valence-corrected chi connectivity index (χ0v) is 18.7. The first-order valence-corrected chi connectivity index (χ1v) is 11.2. The molecule has 1 N–H and O–H groups in total. The summed E-state index contributed by atoms with van der Waals surface area (Å²) >= 11 is 1.29. The third-order valence-electron chi connectivity index (χ3n) is 4.80. The second-order valence-corrected chi connectivity index (χ2v) is 8.09. The monoisotopic (exact) mass is 455 g/mol. The Labute approximate surface area is 196 Å². The lowest BCUT2D eigenvalue weighted by Gasteiger charge is -2.12. The van der Waals surface area contributed by atoms with Gasteiger partial charge in [-0.3, -0.25) is 9.36 Å². The molecule has 0 fully saturated rings. The van der Waals surface area contributed by atoms with Gasteiger partial charge in [0.25, 0.3) is 0 Å². The maximum absolute atomic E-state index is 12.5. The van der Waals surface area contributed by atoms with Crippen LogP contribution in [0.1, 0.15) is 17.0 Å². The fourth-order valence-corrected chi connectivity index (χ4v) is 3.91. The van der Waals surface area contributed by atoms with Gasteiger partial charge in [-0.1, -0.05) is 48.2 Å².